The first-order chi connectivity index (χ1) is 13.1. The summed E-state index contributed by atoms with van der Waals surface area (Å²) in [5, 5.41) is 7.87. The zero-order valence-corrected chi connectivity index (χ0v) is 15.2. The van der Waals surface area contributed by atoms with Crippen molar-refractivity contribution in [3.05, 3.63) is 60.2 Å². The molecule has 0 aromatic heterocycles. The van der Waals surface area contributed by atoms with E-state index < -0.39 is 0 Å². The Bertz CT molecular complexity index is 761. The Balaban J connectivity index is 1.64. The van der Waals surface area contributed by atoms with Gasteiger partial charge >= 0.3 is 0 Å². The predicted octanol–water partition coefficient (Wildman–Crippen LogP) is 1.96. The van der Waals surface area contributed by atoms with Crippen LogP contribution in [-0.2, 0) is 9.59 Å². The van der Waals surface area contributed by atoms with Crippen LogP contribution in [0.2, 0.25) is 0 Å². The Hall–Kier alpha value is -3.35. The van der Waals surface area contributed by atoms with Crippen LogP contribution in [-0.4, -0.2) is 37.4 Å². The predicted molar refractivity (Wildman–Crippen MR) is 103 cm³/mol. The van der Waals surface area contributed by atoms with E-state index in [1.54, 1.807) is 48.5 Å². The molecule has 0 aliphatic carbocycles. The zero-order valence-electron chi connectivity index (χ0n) is 15.2. The molecule has 0 atom stereocenters. The molecular formula is C20H23N3O4. The zero-order chi connectivity index (χ0) is 19.5. The summed E-state index contributed by atoms with van der Waals surface area (Å²) in [6.07, 6.45) is 0.0922. The highest BCUT2D eigenvalue weighted by Gasteiger charge is 2.08. The standard InChI is InChI=1S/C20H23N3O4/c1-2-27-17-10-8-16(9-11-17)23-19(25)14-22-18(24)12-13-21-20(26)15-6-4-3-5-7-15/h3-11H,2,12-14H2,1H3,(H,21,26)(H,22,24)(H,23,25). The molecule has 2 aromatic rings. The van der Waals surface area contributed by atoms with Crippen LogP contribution in [0.3, 0.4) is 0 Å². The van der Waals surface area contributed by atoms with Gasteiger partial charge in [0, 0.05) is 24.2 Å². The van der Waals surface area contributed by atoms with Crippen molar-refractivity contribution in [2.75, 3.05) is 25.0 Å². The van der Waals surface area contributed by atoms with Crippen molar-refractivity contribution in [3.8, 4) is 5.75 Å². The summed E-state index contributed by atoms with van der Waals surface area (Å²) in [6, 6.07) is 15.7. The minimum absolute atomic E-state index is 0.0922. The van der Waals surface area contributed by atoms with Crippen LogP contribution >= 0.6 is 0 Å². The van der Waals surface area contributed by atoms with Crippen LogP contribution in [0.15, 0.2) is 54.6 Å². The third kappa shape index (κ3) is 7.19. The van der Waals surface area contributed by atoms with E-state index in [2.05, 4.69) is 16.0 Å². The lowest BCUT2D eigenvalue weighted by Gasteiger charge is -2.09. The number of carbonyl (C=O) groups is 3. The van der Waals surface area contributed by atoms with E-state index in [9.17, 15) is 14.4 Å². The molecule has 0 bridgehead atoms. The first-order valence-electron chi connectivity index (χ1n) is 8.71. The summed E-state index contributed by atoms with van der Waals surface area (Å²) in [5.41, 5.74) is 1.15. The van der Waals surface area contributed by atoms with Crippen molar-refractivity contribution in [1.82, 2.24) is 10.6 Å². The lowest BCUT2D eigenvalue weighted by molar-refractivity contribution is -0.124. The smallest absolute Gasteiger partial charge is 0.251 e. The van der Waals surface area contributed by atoms with Gasteiger partial charge in [-0.25, -0.2) is 0 Å². The van der Waals surface area contributed by atoms with Crippen LogP contribution < -0.4 is 20.7 Å². The van der Waals surface area contributed by atoms with Gasteiger partial charge in [0.1, 0.15) is 5.75 Å². The molecular weight excluding hydrogens is 346 g/mol. The summed E-state index contributed by atoms with van der Waals surface area (Å²) in [7, 11) is 0. The molecule has 0 radical (unpaired) electrons. The molecule has 0 heterocycles. The van der Waals surface area contributed by atoms with E-state index in [1.807, 2.05) is 13.0 Å². The molecule has 2 aromatic carbocycles. The third-order valence-electron chi connectivity index (χ3n) is 3.57. The lowest BCUT2D eigenvalue weighted by atomic mass is 10.2. The Kier molecular flexibility index (Phi) is 7.84. The molecule has 0 spiro atoms. The van der Waals surface area contributed by atoms with E-state index in [4.69, 9.17) is 4.74 Å². The van der Waals surface area contributed by atoms with Gasteiger partial charge in [0.05, 0.1) is 13.2 Å². The molecule has 7 heteroatoms. The summed E-state index contributed by atoms with van der Waals surface area (Å²) >= 11 is 0. The number of hydrogen-bond donors (Lipinski definition) is 3. The second kappa shape index (κ2) is 10.6. The van der Waals surface area contributed by atoms with Crippen molar-refractivity contribution in [3.63, 3.8) is 0 Å². The molecule has 3 amide bonds. The van der Waals surface area contributed by atoms with Crippen LogP contribution in [0.5, 0.6) is 5.75 Å². The van der Waals surface area contributed by atoms with Gasteiger partial charge in [-0.1, -0.05) is 18.2 Å². The fourth-order valence-electron chi connectivity index (χ4n) is 2.25. The average Bonchev–Trinajstić information content (AvgIpc) is 2.69. The number of anilines is 1. The van der Waals surface area contributed by atoms with Gasteiger partial charge in [-0.3, -0.25) is 14.4 Å². The quantitative estimate of drug-likeness (QED) is 0.629. The first kappa shape index (κ1) is 20.0. The summed E-state index contributed by atoms with van der Waals surface area (Å²) < 4.78 is 5.33. The van der Waals surface area contributed by atoms with Gasteiger partial charge in [-0.2, -0.15) is 0 Å². The Morgan fingerprint density at radius 1 is 0.889 bits per heavy atom. The largest absolute Gasteiger partial charge is 0.494 e. The van der Waals surface area contributed by atoms with E-state index >= 15 is 0 Å². The lowest BCUT2D eigenvalue weighted by Crippen LogP contribution is -2.35. The fraction of sp³-hybridized carbons (Fsp3) is 0.250. The second-order valence-electron chi connectivity index (χ2n) is 5.65. The highest BCUT2D eigenvalue weighted by Crippen LogP contribution is 2.15. The highest BCUT2D eigenvalue weighted by molar-refractivity contribution is 5.95. The number of ether oxygens (including phenoxy) is 1. The molecule has 0 aliphatic heterocycles. The van der Waals surface area contributed by atoms with Gasteiger partial charge in [0.15, 0.2) is 0 Å². The molecule has 0 aliphatic rings. The second-order valence-corrected chi connectivity index (χ2v) is 5.65. The number of amides is 3. The third-order valence-corrected chi connectivity index (χ3v) is 3.57. The molecule has 7 nitrogen and oxygen atoms in total. The van der Waals surface area contributed by atoms with Crippen molar-refractivity contribution < 1.29 is 19.1 Å². The monoisotopic (exact) mass is 369 g/mol. The minimum atomic E-state index is -0.333. The molecule has 0 saturated heterocycles. The van der Waals surface area contributed by atoms with Gasteiger partial charge < -0.3 is 20.7 Å². The number of benzene rings is 2. The number of carbonyl (C=O) groups excluding carboxylic acids is 3. The number of hydrogen-bond acceptors (Lipinski definition) is 4. The van der Waals surface area contributed by atoms with Crippen LogP contribution in [0.4, 0.5) is 5.69 Å². The van der Waals surface area contributed by atoms with Crippen LogP contribution in [0.1, 0.15) is 23.7 Å². The van der Waals surface area contributed by atoms with Gasteiger partial charge in [0.25, 0.3) is 5.91 Å². The number of rotatable bonds is 9. The average molecular weight is 369 g/mol. The van der Waals surface area contributed by atoms with Gasteiger partial charge in [0.2, 0.25) is 11.8 Å². The topological polar surface area (TPSA) is 96.5 Å². The van der Waals surface area contributed by atoms with E-state index in [1.165, 1.54) is 0 Å². The first-order valence-corrected chi connectivity index (χ1v) is 8.71. The fourth-order valence-corrected chi connectivity index (χ4v) is 2.25. The molecule has 2 rings (SSSR count). The van der Waals surface area contributed by atoms with Crippen molar-refractivity contribution in [2.24, 2.45) is 0 Å². The highest BCUT2D eigenvalue weighted by atomic mass is 16.5. The van der Waals surface area contributed by atoms with E-state index in [0.29, 0.717) is 17.9 Å². The SMILES string of the molecule is CCOc1ccc(NC(=O)CNC(=O)CCNC(=O)c2ccccc2)cc1. The Morgan fingerprint density at radius 2 is 1.59 bits per heavy atom. The van der Waals surface area contributed by atoms with E-state index in [0.717, 1.165) is 5.75 Å². The maximum atomic E-state index is 11.9. The van der Waals surface area contributed by atoms with Crippen molar-refractivity contribution >= 4 is 23.4 Å². The number of nitrogens with one attached hydrogen (secondary N) is 3. The molecule has 27 heavy (non-hydrogen) atoms. The normalized spacial score (nSPS) is 9.96. The van der Waals surface area contributed by atoms with Gasteiger partial charge in [-0.05, 0) is 43.3 Å². The molecule has 0 unspecified atom stereocenters. The molecule has 0 fully saturated rings. The maximum absolute atomic E-state index is 11.9. The minimum Gasteiger partial charge on any atom is -0.494 e. The van der Waals surface area contributed by atoms with Crippen molar-refractivity contribution in [2.45, 2.75) is 13.3 Å². The molecule has 3 N–H and O–H groups in total. The van der Waals surface area contributed by atoms with Crippen LogP contribution in [0.25, 0.3) is 0 Å². The summed E-state index contributed by atoms with van der Waals surface area (Å²) in [5.74, 6) is -0.163. The van der Waals surface area contributed by atoms with Gasteiger partial charge in [-0.15, -0.1) is 0 Å². The Labute approximate surface area is 158 Å². The maximum Gasteiger partial charge on any atom is 0.251 e. The van der Waals surface area contributed by atoms with Crippen LogP contribution in [0, 0.1) is 0 Å². The Morgan fingerprint density at radius 3 is 2.26 bits per heavy atom. The van der Waals surface area contributed by atoms with E-state index in [-0.39, 0.29) is 37.2 Å². The molecule has 0 saturated carbocycles. The molecule has 142 valence electrons. The van der Waals surface area contributed by atoms with Crippen molar-refractivity contribution in [1.29, 1.82) is 0 Å². The summed E-state index contributed by atoms with van der Waals surface area (Å²) in [6.45, 7) is 2.52. The summed E-state index contributed by atoms with van der Waals surface area (Å²) in [4.78, 5) is 35.5.